The highest BCUT2D eigenvalue weighted by Crippen LogP contribution is 2.14. The van der Waals surface area contributed by atoms with Crippen molar-refractivity contribution in [1.82, 2.24) is 25.5 Å². The molecular formula is C13H11N5O2. The summed E-state index contributed by atoms with van der Waals surface area (Å²) in [4.78, 5) is 30.4. The molecule has 3 rings (SSSR count). The maximum atomic E-state index is 12.2. The summed E-state index contributed by atoms with van der Waals surface area (Å²) in [6.07, 6.45) is 1.37. The fraction of sp³-hybridized carbons (Fsp3) is 0.0769. The highest BCUT2D eigenvalue weighted by atomic mass is 16.2. The van der Waals surface area contributed by atoms with Gasteiger partial charge in [-0.25, -0.2) is 4.98 Å². The molecule has 3 aromatic rings. The minimum atomic E-state index is -0.330. The van der Waals surface area contributed by atoms with Crippen LogP contribution in [0, 0.1) is 0 Å². The minimum Gasteiger partial charge on any atom is -0.345 e. The molecule has 0 atom stereocenters. The fourth-order valence-electron chi connectivity index (χ4n) is 1.97. The molecule has 0 fully saturated rings. The topological polar surface area (TPSA) is 104 Å². The molecular weight excluding hydrogens is 258 g/mol. The van der Waals surface area contributed by atoms with Gasteiger partial charge in [0.25, 0.3) is 5.91 Å². The van der Waals surface area contributed by atoms with Crippen LogP contribution in [-0.4, -0.2) is 26.1 Å². The van der Waals surface area contributed by atoms with Crippen molar-refractivity contribution in [3.8, 4) is 0 Å². The second-order valence-corrected chi connectivity index (χ2v) is 4.21. The zero-order valence-electron chi connectivity index (χ0n) is 10.4. The van der Waals surface area contributed by atoms with E-state index in [0.717, 1.165) is 0 Å². The molecule has 0 spiro atoms. The molecule has 1 aromatic carbocycles. The van der Waals surface area contributed by atoms with Crippen molar-refractivity contribution in [2.24, 2.45) is 0 Å². The molecule has 7 nitrogen and oxygen atoms in total. The normalized spacial score (nSPS) is 10.6. The number of rotatable bonds is 3. The van der Waals surface area contributed by atoms with Crippen LogP contribution in [0.15, 0.2) is 41.5 Å². The molecule has 2 heterocycles. The summed E-state index contributed by atoms with van der Waals surface area (Å²) in [6, 6.07) is 8.44. The monoisotopic (exact) mass is 269 g/mol. The summed E-state index contributed by atoms with van der Waals surface area (Å²) < 4.78 is 0. The number of carbonyl (C=O) groups excluding carboxylic acids is 1. The van der Waals surface area contributed by atoms with Crippen molar-refractivity contribution in [1.29, 1.82) is 0 Å². The van der Waals surface area contributed by atoms with Gasteiger partial charge in [-0.3, -0.25) is 14.7 Å². The third-order valence-electron chi connectivity index (χ3n) is 2.88. The average molecular weight is 269 g/mol. The lowest BCUT2D eigenvalue weighted by Crippen LogP contribution is -2.25. The second-order valence-electron chi connectivity index (χ2n) is 4.21. The van der Waals surface area contributed by atoms with Gasteiger partial charge in [0.1, 0.15) is 12.2 Å². The Morgan fingerprint density at radius 2 is 2.15 bits per heavy atom. The highest BCUT2D eigenvalue weighted by molar-refractivity contribution is 6.05. The molecule has 0 saturated heterocycles. The van der Waals surface area contributed by atoms with Gasteiger partial charge in [0.05, 0.1) is 12.1 Å². The molecule has 1 amide bonds. The van der Waals surface area contributed by atoms with Gasteiger partial charge in [-0.05, 0) is 6.07 Å². The lowest BCUT2D eigenvalue weighted by Gasteiger charge is -2.06. The van der Waals surface area contributed by atoms with Crippen molar-refractivity contribution in [2.75, 3.05) is 0 Å². The second kappa shape index (κ2) is 4.96. The first-order valence-corrected chi connectivity index (χ1v) is 5.98. The van der Waals surface area contributed by atoms with E-state index in [2.05, 4.69) is 25.5 Å². The number of aromatic nitrogens is 4. The van der Waals surface area contributed by atoms with Crippen LogP contribution in [0.4, 0.5) is 0 Å². The summed E-state index contributed by atoms with van der Waals surface area (Å²) in [5.74, 6) is 0.219. The number of hydrogen-bond acceptors (Lipinski definition) is 4. The number of fused-ring (bicyclic) bond motifs is 1. The molecule has 7 heteroatoms. The molecule has 0 aliphatic carbocycles. The number of carbonyl (C=O) groups is 1. The maximum absolute atomic E-state index is 12.2. The summed E-state index contributed by atoms with van der Waals surface area (Å²) in [6.45, 7) is 0.222. The van der Waals surface area contributed by atoms with Gasteiger partial charge in [0.15, 0.2) is 0 Å². The number of aromatic amines is 2. The van der Waals surface area contributed by atoms with Crippen molar-refractivity contribution in [2.45, 2.75) is 6.54 Å². The van der Waals surface area contributed by atoms with E-state index >= 15 is 0 Å². The lowest BCUT2D eigenvalue weighted by atomic mass is 10.1. The molecule has 3 N–H and O–H groups in total. The van der Waals surface area contributed by atoms with E-state index in [1.165, 1.54) is 12.4 Å². The van der Waals surface area contributed by atoms with E-state index in [-0.39, 0.29) is 18.0 Å². The van der Waals surface area contributed by atoms with Crippen LogP contribution in [0.5, 0.6) is 0 Å². The molecule has 0 saturated carbocycles. The summed E-state index contributed by atoms with van der Waals surface area (Å²) in [5.41, 5.74) is 0.655. The van der Waals surface area contributed by atoms with Crippen LogP contribution in [0.25, 0.3) is 10.9 Å². The van der Waals surface area contributed by atoms with Gasteiger partial charge < -0.3 is 10.3 Å². The Balaban J connectivity index is 1.93. The molecule has 20 heavy (non-hydrogen) atoms. The van der Waals surface area contributed by atoms with Crippen LogP contribution in [0.1, 0.15) is 16.2 Å². The Hall–Kier alpha value is -2.96. The first-order valence-electron chi connectivity index (χ1n) is 5.98. The molecule has 0 aliphatic rings. The smallest absolute Gasteiger partial charge is 0.252 e. The van der Waals surface area contributed by atoms with Crippen LogP contribution in [-0.2, 0) is 6.54 Å². The molecule has 0 bridgehead atoms. The van der Waals surface area contributed by atoms with E-state index in [0.29, 0.717) is 22.3 Å². The third kappa shape index (κ3) is 2.28. The molecule has 0 unspecified atom stereocenters. The van der Waals surface area contributed by atoms with E-state index in [9.17, 15) is 9.59 Å². The first-order chi connectivity index (χ1) is 9.74. The number of H-pyrrole nitrogens is 2. The standard InChI is InChI=1S/C13H11N5O2/c19-12-5-9(8-3-1-2-4-10(8)17-12)13(20)14-6-11-15-7-16-18-11/h1-5,7H,6H2,(H,14,20)(H,17,19)(H,15,16,18). The van der Waals surface area contributed by atoms with Crippen LogP contribution < -0.4 is 10.9 Å². The van der Waals surface area contributed by atoms with E-state index in [4.69, 9.17) is 0 Å². The molecule has 100 valence electrons. The summed E-state index contributed by atoms with van der Waals surface area (Å²) in [5, 5.41) is 9.73. The number of amides is 1. The van der Waals surface area contributed by atoms with Crippen molar-refractivity contribution in [3.05, 3.63) is 58.4 Å². The third-order valence-corrected chi connectivity index (χ3v) is 2.88. The van der Waals surface area contributed by atoms with Gasteiger partial charge >= 0.3 is 0 Å². The predicted octanol–water partition coefficient (Wildman–Crippen LogP) is 0.576. The minimum absolute atomic E-state index is 0.222. The molecule has 2 aromatic heterocycles. The van der Waals surface area contributed by atoms with Crippen molar-refractivity contribution in [3.63, 3.8) is 0 Å². The number of benzene rings is 1. The number of hydrogen-bond donors (Lipinski definition) is 3. The van der Waals surface area contributed by atoms with Crippen LogP contribution in [0.2, 0.25) is 0 Å². The first kappa shape index (κ1) is 12.1. The van der Waals surface area contributed by atoms with Crippen molar-refractivity contribution < 1.29 is 4.79 Å². The Morgan fingerprint density at radius 1 is 1.30 bits per heavy atom. The van der Waals surface area contributed by atoms with Gasteiger partial charge in [0, 0.05) is 17.0 Å². The Bertz CT molecular complexity index is 807. The Morgan fingerprint density at radius 3 is 2.95 bits per heavy atom. The van der Waals surface area contributed by atoms with Crippen molar-refractivity contribution >= 4 is 16.8 Å². The van der Waals surface area contributed by atoms with E-state index < -0.39 is 0 Å². The Labute approximate surface area is 113 Å². The summed E-state index contributed by atoms with van der Waals surface area (Å²) >= 11 is 0. The average Bonchev–Trinajstić information content (AvgIpc) is 2.97. The largest absolute Gasteiger partial charge is 0.345 e. The van der Waals surface area contributed by atoms with E-state index in [1.54, 1.807) is 18.2 Å². The Kier molecular flexibility index (Phi) is 3.00. The number of para-hydroxylation sites is 1. The molecule has 0 aliphatic heterocycles. The maximum Gasteiger partial charge on any atom is 0.252 e. The number of pyridine rings is 1. The van der Waals surface area contributed by atoms with Crippen LogP contribution in [0.3, 0.4) is 0 Å². The van der Waals surface area contributed by atoms with E-state index in [1.807, 2.05) is 6.07 Å². The fourth-order valence-corrected chi connectivity index (χ4v) is 1.97. The summed E-state index contributed by atoms with van der Waals surface area (Å²) in [7, 11) is 0. The van der Waals surface area contributed by atoms with Crippen LogP contribution >= 0.6 is 0 Å². The van der Waals surface area contributed by atoms with Gasteiger partial charge in [-0.15, -0.1) is 0 Å². The van der Waals surface area contributed by atoms with Gasteiger partial charge in [0.2, 0.25) is 5.56 Å². The number of nitrogens with zero attached hydrogens (tertiary/aromatic N) is 2. The number of nitrogens with one attached hydrogen (secondary N) is 3. The zero-order valence-corrected chi connectivity index (χ0v) is 10.4. The van der Waals surface area contributed by atoms with Gasteiger partial charge in [-0.1, -0.05) is 18.2 Å². The lowest BCUT2D eigenvalue weighted by molar-refractivity contribution is 0.0951. The van der Waals surface area contributed by atoms with Gasteiger partial charge in [-0.2, -0.15) is 5.10 Å². The predicted molar refractivity (Wildman–Crippen MR) is 72.1 cm³/mol. The zero-order chi connectivity index (χ0) is 13.9. The quantitative estimate of drug-likeness (QED) is 0.646. The SMILES string of the molecule is O=C(NCc1ncn[nH]1)c1cc(=O)[nH]c2ccccc12. The molecule has 0 radical (unpaired) electrons. The highest BCUT2D eigenvalue weighted by Gasteiger charge is 2.11.